The average molecular weight is 717 g/mol. The Labute approximate surface area is 304 Å². The third-order valence-electron chi connectivity index (χ3n) is 8.87. The Kier molecular flexibility index (Phi) is 12.9. The number of methoxy groups -OCH3 is 2. The number of likely N-dealkylation sites (tertiary alicyclic amines) is 1. The molecule has 2 amide bonds. The molecule has 0 unspecified atom stereocenters. The number of carbonyl (C=O) groups is 4. The molecule has 2 aliphatic rings. The molecule has 52 heavy (non-hydrogen) atoms. The highest BCUT2D eigenvalue weighted by Crippen LogP contribution is 2.31. The Hall–Kier alpha value is -4.94. The molecule has 0 aromatic heterocycles. The molecule has 278 valence electrons. The van der Waals surface area contributed by atoms with Gasteiger partial charge in [0.25, 0.3) is 5.91 Å². The quantitative estimate of drug-likeness (QED) is 0.133. The summed E-state index contributed by atoms with van der Waals surface area (Å²) in [6.45, 7) is 5.86. The summed E-state index contributed by atoms with van der Waals surface area (Å²) in [5.74, 6) is -0.258. The van der Waals surface area contributed by atoms with Crippen molar-refractivity contribution in [2.75, 3.05) is 40.9 Å². The summed E-state index contributed by atoms with van der Waals surface area (Å²) < 4.78 is 32.9. The van der Waals surface area contributed by atoms with Crippen LogP contribution >= 0.6 is 0 Å². The van der Waals surface area contributed by atoms with Gasteiger partial charge in [-0.25, -0.2) is 9.59 Å². The van der Waals surface area contributed by atoms with E-state index in [4.69, 9.17) is 28.4 Å². The molecule has 0 radical (unpaired) electrons. The first kappa shape index (κ1) is 38.3. The molecule has 0 bridgehead atoms. The molecule has 3 aromatic carbocycles. The number of benzene rings is 3. The van der Waals surface area contributed by atoms with Gasteiger partial charge in [0.2, 0.25) is 0 Å². The molecule has 5 rings (SSSR count). The minimum absolute atomic E-state index is 0.0120. The summed E-state index contributed by atoms with van der Waals surface area (Å²) in [6.07, 6.45) is 3.62. The lowest BCUT2D eigenvalue weighted by molar-refractivity contribution is 0.0127. The van der Waals surface area contributed by atoms with Gasteiger partial charge in [-0.2, -0.15) is 0 Å². The second kappa shape index (κ2) is 17.5. The smallest absolute Gasteiger partial charge is 0.410 e. The van der Waals surface area contributed by atoms with Crippen LogP contribution < -0.4 is 14.8 Å². The summed E-state index contributed by atoms with van der Waals surface area (Å²) in [5.41, 5.74) is 3.04. The molecule has 1 aliphatic carbocycles. The largest absolute Gasteiger partial charge is 0.468 e. The van der Waals surface area contributed by atoms with Crippen LogP contribution in [0.3, 0.4) is 0 Å². The lowest BCUT2D eigenvalue weighted by atomic mass is 9.88. The molecular formula is C40H48N2O10. The molecule has 12 nitrogen and oxygen atoms in total. The van der Waals surface area contributed by atoms with E-state index in [1.54, 1.807) is 69.3 Å². The Balaban J connectivity index is 1.32. The van der Waals surface area contributed by atoms with Gasteiger partial charge in [-0.15, -0.1) is 0 Å². The van der Waals surface area contributed by atoms with Gasteiger partial charge in [0.1, 0.15) is 23.2 Å². The fourth-order valence-corrected chi connectivity index (χ4v) is 6.29. The van der Waals surface area contributed by atoms with Gasteiger partial charge >= 0.3 is 12.1 Å². The van der Waals surface area contributed by atoms with Crippen molar-refractivity contribution in [2.45, 2.75) is 77.0 Å². The van der Waals surface area contributed by atoms with Crippen LogP contribution in [0.1, 0.15) is 94.2 Å². The maximum atomic E-state index is 13.7. The fourth-order valence-electron chi connectivity index (χ4n) is 6.29. The summed E-state index contributed by atoms with van der Waals surface area (Å²) >= 11 is 0. The molecule has 1 saturated heterocycles. The first-order valence-corrected chi connectivity index (χ1v) is 17.6. The van der Waals surface area contributed by atoms with E-state index in [0.29, 0.717) is 47.6 Å². The Morgan fingerprint density at radius 2 is 1.40 bits per heavy atom. The van der Waals surface area contributed by atoms with E-state index in [9.17, 15) is 19.2 Å². The van der Waals surface area contributed by atoms with Crippen LogP contribution in [0, 0.1) is 0 Å². The highest BCUT2D eigenvalue weighted by atomic mass is 16.7. The van der Waals surface area contributed by atoms with Gasteiger partial charge in [0.05, 0.1) is 17.2 Å². The monoisotopic (exact) mass is 716 g/mol. The van der Waals surface area contributed by atoms with Crippen molar-refractivity contribution in [1.29, 1.82) is 0 Å². The van der Waals surface area contributed by atoms with Crippen molar-refractivity contribution in [2.24, 2.45) is 0 Å². The van der Waals surface area contributed by atoms with Crippen LogP contribution in [0.2, 0.25) is 0 Å². The van der Waals surface area contributed by atoms with Crippen LogP contribution in [-0.4, -0.2) is 87.3 Å². The second-order valence-electron chi connectivity index (χ2n) is 13.9. The van der Waals surface area contributed by atoms with Gasteiger partial charge < -0.3 is 38.6 Å². The van der Waals surface area contributed by atoms with Crippen molar-refractivity contribution in [1.82, 2.24) is 10.2 Å². The Bertz CT molecular complexity index is 1720. The number of ether oxygens (including phenoxy) is 6. The van der Waals surface area contributed by atoms with Gasteiger partial charge in [-0.1, -0.05) is 12.1 Å². The molecule has 1 heterocycles. The van der Waals surface area contributed by atoms with Crippen molar-refractivity contribution in [3.05, 3.63) is 94.0 Å². The van der Waals surface area contributed by atoms with Gasteiger partial charge in [0, 0.05) is 38.4 Å². The third kappa shape index (κ3) is 10.1. The summed E-state index contributed by atoms with van der Waals surface area (Å²) in [7, 11) is 3.04. The number of amides is 2. The lowest BCUT2D eigenvalue weighted by Crippen LogP contribution is -2.51. The normalized spacial score (nSPS) is 17.3. The lowest BCUT2D eigenvalue weighted by Gasteiger charge is -2.30. The predicted molar refractivity (Wildman–Crippen MR) is 192 cm³/mol. The summed E-state index contributed by atoms with van der Waals surface area (Å²) in [4.78, 5) is 55.3. The van der Waals surface area contributed by atoms with Crippen molar-refractivity contribution in [3.8, 4) is 11.5 Å². The zero-order valence-electron chi connectivity index (χ0n) is 30.5. The first-order valence-electron chi connectivity index (χ1n) is 17.6. The molecule has 12 heteroatoms. The number of rotatable bonds is 12. The number of fused-ring (bicyclic) bond motifs is 1. The van der Waals surface area contributed by atoms with Gasteiger partial charge in [-0.05, 0) is 119 Å². The van der Waals surface area contributed by atoms with Crippen LogP contribution in [0.4, 0.5) is 4.79 Å². The zero-order valence-corrected chi connectivity index (χ0v) is 30.5. The standard InChI is InChI=1S/C40H48N2O10/c1-40(2,3)52-39(46)42-20-8-11-34(33(23-42)41-37(44)27-16-18-31(19-17-27)49-24-47-4)51-38(45)28-14-12-26(13-15-28)36(43)32-21-29-9-6-7-10-30(29)22-35(32)50-25-48-5/h12-19,21-22,33-34H,6-11,20,23-25H2,1-5H3,(H,41,44)/t33-,34-/m1/s1. The highest BCUT2D eigenvalue weighted by molar-refractivity contribution is 6.11. The van der Waals surface area contributed by atoms with Gasteiger partial charge in [-0.3, -0.25) is 9.59 Å². The summed E-state index contributed by atoms with van der Waals surface area (Å²) in [6, 6.07) is 15.9. The van der Waals surface area contributed by atoms with E-state index in [-0.39, 0.29) is 31.5 Å². The van der Waals surface area contributed by atoms with E-state index in [1.165, 1.54) is 24.7 Å². The maximum absolute atomic E-state index is 13.7. The molecule has 1 aliphatic heterocycles. The van der Waals surface area contributed by atoms with E-state index < -0.39 is 35.7 Å². The van der Waals surface area contributed by atoms with Crippen molar-refractivity contribution < 1.29 is 47.6 Å². The maximum Gasteiger partial charge on any atom is 0.410 e. The van der Waals surface area contributed by atoms with Gasteiger partial charge in [0.15, 0.2) is 19.4 Å². The SMILES string of the molecule is COCOc1ccc(C(=O)N[C@@H]2CN(C(=O)OC(C)(C)C)CCC[C@H]2OC(=O)c2ccc(C(=O)c3cc4c(cc3OCOC)CCCC4)cc2)cc1. The Morgan fingerprint density at radius 3 is 2.06 bits per heavy atom. The molecular weight excluding hydrogens is 668 g/mol. The number of nitrogens with one attached hydrogen (secondary N) is 1. The topological polar surface area (TPSA) is 139 Å². The van der Waals surface area contributed by atoms with Crippen molar-refractivity contribution in [3.63, 3.8) is 0 Å². The third-order valence-corrected chi connectivity index (χ3v) is 8.87. The second-order valence-corrected chi connectivity index (χ2v) is 13.9. The number of hydrogen-bond acceptors (Lipinski definition) is 10. The van der Waals surface area contributed by atoms with E-state index in [2.05, 4.69) is 5.32 Å². The highest BCUT2D eigenvalue weighted by Gasteiger charge is 2.35. The molecule has 1 N–H and O–H groups in total. The Morgan fingerprint density at radius 1 is 0.788 bits per heavy atom. The fraction of sp³-hybridized carbons (Fsp3) is 0.450. The average Bonchev–Trinajstić information content (AvgIpc) is 3.33. The zero-order chi connectivity index (χ0) is 37.3. The molecule has 3 aromatic rings. The molecule has 1 fully saturated rings. The first-order chi connectivity index (χ1) is 25.0. The summed E-state index contributed by atoms with van der Waals surface area (Å²) in [5, 5.41) is 2.98. The molecule has 0 spiro atoms. The minimum atomic E-state index is -0.759. The van der Waals surface area contributed by atoms with E-state index >= 15 is 0 Å². The molecule has 2 atom stereocenters. The van der Waals surface area contributed by atoms with Crippen molar-refractivity contribution >= 4 is 23.8 Å². The number of esters is 1. The van der Waals surface area contributed by atoms with E-state index in [0.717, 1.165) is 31.2 Å². The number of carbonyl (C=O) groups excluding carboxylic acids is 4. The van der Waals surface area contributed by atoms with E-state index in [1.807, 2.05) is 12.1 Å². The number of aryl methyl sites for hydroxylation is 2. The number of nitrogens with zero attached hydrogens (tertiary/aromatic N) is 1. The predicted octanol–water partition coefficient (Wildman–Crippen LogP) is 6.12. The van der Waals surface area contributed by atoms with Crippen LogP contribution in [0.15, 0.2) is 60.7 Å². The van der Waals surface area contributed by atoms with Crippen LogP contribution in [0.5, 0.6) is 11.5 Å². The van der Waals surface area contributed by atoms with Crippen LogP contribution in [0.25, 0.3) is 0 Å². The minimum Gasteiger partial charge on any atom is -0.468 e. The number of hydrogen-bond donors (Lipinski definition) is 1. The van der Waals surface area contributed by atoms with Crippen LogP contribution in [-0.2, 0) is 31.8 Å². The number of ketones is 1. The molecule has 0 saturated carbocycles.